The van der Waals surface area contributed by atoms with E-state index in [9.17, 15) is 15.3 Å². The minimum Gasteiger partial charge on any atom is -0.388 e. The number of nitrogens with two attached hydrogens (primary N) is 1. The number of ether oxygens (including phenoxy) is 1. The maximum Gasteiger partial charge on any atom is 0.173 e. The summed E-state index contributed by atoms with van der Waals surface area (Å²) in [6.45, 7) is 1.65. The lowest BCUT2D eigenvalue weighted by molar-refractivity contribution is -0.263. The molecular weight excluding hydrogens is 244 g/mol. The van der Waals surface area contributed by atoms with E-state index in [1.165, 1.54) is 0 Å². The molecule has 0 aromatic heterocycles. The van der Waals surface area contributed by atoms with E-state index < -0.39 is 30.6 Å². The highest BCUT2D eigenvalue weighted by atomic mass is 32.2. The van der Waals surface area contributed by atoms with Gasteiger partial charge in [-0.05, 0) is 0 Å². The highest BCUT2D eigenvalue weighted by Gasteiger charge is 2.45. The molecule has 2 aliphatic rings. The van der Waals surface area contributed by atoms with Crippen LogP contribution in [0.2, 0.25) is 0 Å². The van der Waals surface area contributed by atoms with Gasteiger partial charge in [-0.3, -0.25) is 4.90 Å². The minimum absolute atomic E-state index is 0.0812. The van der Waals surface area contributed by atoms with Crippen LogP contribution in [-0.2, 0) is 4.74 Å². The summed E-state index contributed by atoms with van der Waals surface area (Å²) in [7, 11) is 0. The second-order valence-corrected chi connectivity index (χ2v) is 5.65. The second-order valence-electron chi connectivity index (χ2n) is 4.42. The van der Waals surface area contributed by atoms with Crippen molar-refractivity contribution in [2.24, 2.45) is 5.73 Å². The van der Waals surface area contributed by atoms with E-state index in [0.29, 0.717) is 0 Å². The first-order valence-corrected chi connectivity index (χ1v) is 7.02. The molecule has 0 saturated carbocycles. The molecule has 0 bridgehead atoms. The van der Waals surface area contributed by atoms with Gasteiger partial charge in [0.1, 0.15) is 18.3 Å². The second kappa shape index (κ2) is 5.83. The Morgan fingerprint density at radius 1 is 1.18 bits per heavy atom. The predicted molar refractivity (Wildman–Crippen MR) is 64.6 cm³/mol. The van der Waals surface area contributed by atoms with Crippen molar-refractivity contribution in [3.63, 3.8) is 0 Å². The molecule has 2 rings (SSSR count). The van der Waals surface area contributed by atoms with Gasteiger partial charge in [0.2, 0.25) is 0 Å². The van der Waals surface area contributed by atoms with Gasteiger partial charge >= 0.3 is 0 Å². The number of rotatable bonds is 2. The first-order chi connectivity index (χ1) is 8.15. The van der Waals surface area contributed by atoms with Crippen LogP contribution in [0.3, 0.4) is 0 Å². The van der Waals surface area contributed by atoms with Gasteiger partial charge in [-0.1, -0.05) is 0 Å². The highest BCUT2D eigenvalue weighted by molar-refractivity contribution is 7.99. The lowest BCUT2D eigenvalue weighted by atomic mass is 9.95. The topological polar surface area (TPSA) is 99.2 Å². The Morgan fingerprint density at radius 2 is 1.82 bits per heavy atom. The molecule has 0 aromatic carbocycles. The Labute approximate surface area is 105 Å². The Bertz CT molecular complexity index is 252. The van der Waals surface area contributed by atoms with E-state index in [1.54, 1.807) is 0 Å². The summed E-state index contributed by atoms with van der Waals surface area (Å²) >= 11 is 1.84. The lowest BCUT2D eigenvalue weighted by Gasteiger charge is -2.46. The summed E-state index contributed by atoms with van der Waals surface area (Å²) in [5, 5.41) is 29.8. The van der Waals surface area contributed by atoms with Crippen molar-refractivity contribution in [3.05, 3.63) is 0 Å². The Morgan fingerprint density at radius 3 is 2.41 bits per heavy atom. The molecule has 0 amide bonds. The van der Waals surface area contributed by atoms with Gasteiger partial charge in [0.25, 0.3) is 0 Å². The van der Waals surface area contributed by atoms with Gasteiger partial charge in [0, 0.05) is 31.1 Å². The van der Waals surface area contributed by atoms with Crippen LogP contribution in [0, 0.1) is 0 Å². The van der Waals surface area contributed by atoms with Crippen LogP contribution in [0.25, 0.3) is 0 Å². The molecular formula is C10H20N2O4S. The number of nitrogens with zero attached hydrogens (tertiary/aromatic N) is 1. The molecule has 5 atom stereocenters. The summed E-state index contributed by atoms with van der Waals surface area (Å²) in [4.78, 5) is 1.97. The van der Waals surface area contributed by atoms with Gasteiger partial charge in [0.15, 0.2) is 6.29 Å². The molecule has 2 heterocycles. The molecule has 2 saturated heterocycles. The fraction of sp³-hybridized carbons (Fsp3) is 1.00. The standard InChI is InChI=1S/C10H20N2O4S/c11-5-6-8(13)9(14)7(10(15)16-6)12-1-3-17-4-2-12/h6-10,13-15H,1-5,11H2/t6?,7-,8?,9?,10?/m0/s1. The monoisotopic (exact) mass is 264 g/mol. The predicted octanol–water partition coefficient (Wildman–Crippen LogP) is -2.20. The average Bonchev–Trinajstić information content (AvgIpc) is 2.35. The van der Waals surface area contributed by atoms with E-state index in [1.807, 2.05) is 16.7 Å². The van der Waals surface area contributed by atoms with Crippen molar-refractivity contribution < 1.29 is 20.1 Å². The number of hydrogen-bond acceptors (Lipinski definition) is 7. The van der Waals surface area contributed by atoms with E-state index in [2.05, 4.69) is 0 Å². The fourth-order valence-electron chi connectivity index (χ4n) is 2.40. The van der Waals surface area contributed by atoms with E-state index >= 15 is 0 Å². The zero-order valence-electron chi connectivity index (χ0n) is 9.60. The van der Waals surface area contributed by atoms with Crippen molar-refractivity contribution in [2.45, 2.75) is 30.6 Å². The smallest absolute Gasteiger partial charge is 0.173 e. The summed E-state index contributed by atoms with van der Waals surface area (Å²) in [6.07, 6.45) is -3.85. The normalized spacial score (nSPS) is 44.8. The first kappa shape index (κ1) is 13.5. The zero-order chi connectivity index (χ0) is 12.4. The number of aliphatic hydroxyl groups excluding tert-OH is 3. The third-order valence-electron chi connectivity index (χ3n) is 3.39. The molecule has 2 aliphatic heterocycles. The molecule has 4 unspecified atom stereocenters. The van der Waals surface area contributed by atoms with Crippen LogP contribution < -0.4 is 5.73 Å². The summed E-state index contributed by atoms with van der Waals surface area (Å²) in [5.74, 6) is 1.93. The largest absolute Gasteiger partial charge is 0.388 e. The summed E-state index contributed by atoms with van der Waals surface area (Å²) in [5.41, 5.74) is 5.42. The number of aliphatic hydroxyl groups is 3. The van der Waals surface area contributed by atoms with E-state index in [-0.39, 0.29) is 6.54 Å². The van der Waals surface area contributed by atoms with Crippen molar-refractivity contribution >= 4 is 11.8 Å². The summed E-state index contributed by atoms with van der Waals surface area (Å²) in [6, 6.07) is -0.561. The van der Waals surface area contributed by atoms with Gasteiger partial charge < -0.3 is 25.8 Å². The van der Waals surface area contributed by atoms with E-state index in [0.717, 1.165) is 24.6 Å². The van der Waals surface area contributed by atoms with Crippen LogP contribution >= 0.6 is 11.8 Å². The molecule has 0 aliphatic carbocycles. The fourth-order valence-corrected chi connectivity index (χ4v) is 3.33. The van der Waals surface area contributed by atoms with Gasteiger partial charge in [-0.25, -0.2) is 0 Å². The quantitative estimate of drug-likeness (QED) is 0.449. The van der Waals surface area contributed by atoms with Crippen molar-refractivity contribution in [3.8, 4) is 0 Å². The Balaban J connectivity index is 2.05. The number of thioether (sulfide) groups is 1. The van der Waals surface area contributed by atoms with E-state index in [4.69, 9.17) is 10.5 Å². The average molecular weight is 264 g/mol. The van der Waals surface area contributed by atoms with Crippen molar-refractivity contribution in [1.82, 2.24) is 4.90 Å². The third-order valence-corrected chi connectivity index (χ3v) is 4.33. The van der Waals surface area contributed by atoms with Crippen LogP contribution in [-0.4, -0.2) is 82.0 Å². The van der Waals surface area contributed by atoms with Gasteiger partial charge in [-0.15, -0.1) is 0 Å². The first-order valence-electron chi connectivity index (χ1n) is 5.86. The molecule has 7 heteroatoms. The Hall–Kier alpha value is 0.110. The van der Waals surface area contributed by atoms with Crippen LogP contribution in [0.4, 0.5) is 0 Å². The van der Waals surface area contributed by atoms with Gasteiger partial charge in [0.05, 0.1) is 6.04 Å². The summed E-state index contributed by atoms with van der Waals surface area (Å²) < 4.78 is 5.26. The molecule has 0 aromatic rings. The minimum atomic E-state index is -1.09. The van der Waals surface area contributed by atoms with Gasteiger partial charge in [-0.2, -0.15) is 11.8 Å². The molecule has 100 valence electrons. The van der Waals surface area contributed by atoms with Crippen LogP contribution in [0.1, 0.15) is 0 Å². The molecule has 5 N–H and O–H groups in total. The number of hydrogen-bond donors (Lipinski definition) is 4. The molecule has 2 fully saturated rings. The zero-order valence-corrected chi connectivity index (χ0v) is 10.4. The molecule has 6 nitrogen and oxygen atoms in total. The van der Waals surface area contributed by atoms with Crippen molar-refractivity contribution in [1.29, 1.82) is 0 Å². The maximum absolute atomic E-state index is 10.1. The highest BCUT2D eigenvalue weighted by Crippen LogP contribution is 2.25. The third kappa shape index (κ3) is 2.76. The van der Waals surface area contributed by atoms with Crippen LogP contribution in [0.15, 0.2) is 0 Å². The molecule has 17 heavy (non-hydrogen) atoms. The molecule has 0 spiro atoms. The SMILES string of the molecule is NCC1OC(O)[C@@H](N2CCSCC2)C(O)C1O. The Kier molecular flexibility index (Phi) is 4.65. The van der Waals surface area contributed by atoms with Crippen LogP contribution in [0.5, 0.6) is 0 Å². The lowest BCUT2D eigenvalue weighted by Crippen LogP contribution is -2.65. The van der Waals surface area contributed by atoms with Crippen molar-refractivity contribution in [2.75, 3.05) is 31.1 Å². The molecule has 0 radical (unpaired) electrons. The maximum atomic E-state index is 10.1.